The van der Waals surface area contributed by atoms with E-state index in [1.54, 1.807) is 7.11 Å². The second-order valence-electron chi connectivity index (χ2n) is 3.18. The SMILES string of the molecule is CCC(N)C(C)CCCOC. The molecule has 0 bridgehead atoms. The molecule has 0 aliphatic carbocycles. The van der Waals surface area contributed by atoms with Crippen LogP contribution in [-0.4, -0.2) is 19.8 Å². The van der Waals surface area contributed by atoms with Crippen LogP contribution in [0.5, 0.6) is 0 Å². The van der Waals surface area contributed by atoms with Gasteiger partial charge < -0.3 is 10.5 Å². The summed E-state index contributed by atoms with van der Waals surface area (Å²) in [6.07, 6.45) is 3.39. The Balaban J connectivity index is 3.28. The fourth-order valence-electron chi connectivity index (χ4n) is 1.17. The lowest BCUT2D eigenvalue weighted by atomic mass is 9.96. The van der Waals surface area contributed by atoms with Gasteiger partial charge in [0.25, 0.3) is 0 Å². The van der Waals surface area contributed by atoms with Gasteiger partial charge in [-0.25, -0.2) is 0 Å². The average molecular weight is 159 g/mol. The fraction of sp³-hybridized carbons (Fsp3) is 1.00. The Morgan fingerprint density at radius 3 is 2.55 bits per heavy atom. The third-order valence-electron chi connectivity index (χ3n) is 2.21. The van der Waals surface area contributed by atoms with Gasteiger partial charge in [-0.3, -0.25) is 0 Å². The lowest BCUT2D eigenvalue weighted by molar-refractivity contribution is 0.185. The minimum Gasteiger partial charge on any atom is -0.385 e. The van der Waals surface area contributed by atoms with Crippen molar-refractivity contribution in [2.75, 3.05) is 13.7 Å². The minimum absolute atomic E-state index is 0.367. The second kappa shape index (κ2) is 6.62. The molecule has 0 spiro atoms. The molecule has 0 heterocycles. The summed E-state index contributed by atoms with van der Waals surface area (Å²) in [5.41, 5.74) is 5.86. The molecule has 0 aromatic heterocycles. The molecule has 11 heavy (non-hydrogen) atoms. The van der Waals surface area contributed by atoms with E-state index in [2.05, 4.69) is 13.8 Å². The highest BCUT2D eigenvalue weighted by Crippen LogP contribution is 2.10. The molecular formula is C9H21NO. The molecule has 0 amide bonds. The molecule has 2 N–H and O–H groups in total. The summed E-state index contributed by atoms with van der Waals surface area (Å²) in [5, 5.41) is 0. The van der Waals surface area contributed by atoms with Crippen molar-refractivity contribution in [2.24, 2.45) is 11.7 Å². The summed E-state index contributed by atoms with van der Waals surface area (Å²) in [6, 6.07) is 0.367. The fourth-order valence-corrected chi connectivity index (χ4v) is 1.17. The molecule has 68 valence electrons. The maximum absolute atomic E-state index is 5.86. The monoisotopic (exact) mass is 159 g/mol. The molecule has 2 nitrogen and oxygen atoms in total. The Morgan fingerprint density at radius 2 is 2.09 bits per heavy atom. The summed E-state index contributed by atoms with van der Waals surface area (Å²) >= 11 is 0. The Kier molecular flexibility index (Phi) is 6.57. The number of ether oxygens (including phenoxy) is 1. The summed E-state index contributed by atoms with van der Waals surface area (Å²) in [7, 11) is 1.74. The van der Waals surface area contributed by atoms with Crippen LogP contribution < -0.4 is 5.73 Å². The average Bonchev–Trinajstić information content (AvgIpc) is 2.03. The first-order chi connectivity index (χ1) is 5.22. The third kappa shape index (κ3) is 5.22. The minimum atomic E-state index is 0.367. The molecular weight excluding hydrogens is 138 g/mol. The van der Waals surface area contributed by atoms with E-state index >= 15 is 0 Å². The van der Waals surface area contributed by atoms with Gasteiger partial charge in [-0.1, -0.05) is 13.8 Å². The second-order valence-corrected chi connectivity index (χ2v) is 3.18. The summed E-state index contributed by atoms with van der Waals surface area (Å²) in [6.45, 7) is 5.21. The molecule has 0 saturated carbocycles. The number of hydrogen-bond acceptors (Lipinski definition) is 2. The van der Waals surface area contributed by atoms with Gasteiger partial charge in [0.05, 0.1) is 0 Å². The van der Waals surface area contributed by atoms with E-state index in [0.29, 0.717) is 12.0 Å². The van der Waals surface area contributed by atoms with Crippen molar-refractivity contribution in [3.8, 4) is 0 Å². The van der Waals surface area contributed by atoms with E-state index in [1.807, 2.05) is 0 Å². The van der Waals surface area contributed by atoms with Crippen molar-refractivity contribution in [2.45, 2.75) is 39.2 Å². The van der Waals surface area contributed by atoms with Gasteiger partial charge >= 0.3 is 0 Å². The van der Waals surface area contributed by atoms with Crippen molar-refractivity contribution in [1.82, 2.24) is 0 Å². The first-order valence-electron chi connectivity index (χ1n) is 4.46. The molecule has 2 heteroatoms. The van der Waals surface area contributed by atoms with Gasteiger partial charge in [-0.05, 0) is 25.2 Å². The molecule has 0 aromatic carbocycles. The highest BCUT2D eigenvalue weighted by Gasteiger charge is 2.09. The summed E-state index contributed by atoms with van der Waals surface area (Å²) < 4.78 is 4.96. The third-order valence-corrected chi connectivity index (χ3v) is 2.21. The van der Waals surface area contributed by atoms with Crippen LogP contribution in [0.2, 0.25) is 0 Å². The van der Waals surface area contributed by atoms with Crippen LogP contribution in [0.25, 0.3) is 0 Å². The predicted octanol–water partition coefficient (Wildman–Crippen LogP) is 1.79. The first kappa shape index (κ1) is 10.9. The molecule has 0 radical (unpaired) electrons. The number of rotatable bonds is 6. The van der Waals surface area contributed by atoms with Gasteiger partial charge in [-0.15, -0.1) is 0 Å². The molecule has 0 rings (SSSR count). The lowest BCUT2D eigenvalue weighted by Gasteiger charge is -2.17. The van der Waals surface area contributed by atoms with Crippen LogP contribution in [-0.2, 0) is 4.74 Å². The Morgan fingerprint density at radius 1 is 1.45 bits per heavy atom. The standard InChI is InChI=1S/C9H21NO/c1-4-9(10)8(2)6-5-7-11-3/h8-9H,4-7,10H2,1-3H3. The molecule has 0 aromatic rings. The van der Waals surface area contributed by atoms with E-state index in [4.69, 9.17) is 10.5 Å². The predicted molar refractivity (Wildman–Crippen MR) is 48.5 cm³/mol. The van der Waals surface area contributed by atoms with Crippen molar-refractivity contribution in [3.05, 3.63) is 0 Å². The van der Waals surface area contributed by atoms with Gasteiger partial charge in [0.2, 0.25) is 0 Å². The highest BCUT2D eigenvalue weighted by molar-refractivity contribution is 4.66. The molecule has 0 fully saturated rings. The summed E-state index contributed by atoms with van der Waals surface area (Å²) in [4.78, 5) is 0. The van der Waals surface area contributed by atoms with Gasteiger partial charge in [0.15, 0.2) is 0 Å². The normalized spacial score (nSPS) is 16.4. The zero-order chi connectivity index (χ0) is 8.69. The van der Waals surface area contributed by atoms with Crippen LogP contribution >= 0.6 is 0 Å². The van der Waals surface area contributed by atoms with Gasteiger partial charge in [-0.2, -0.15) is 0 Å². The van der Waals surface area contributed by atoms with E-state index in [9.17, 15) is 0 Å². The number of nitrogens with two attached hydrogens (primary N) is 1. The zero-order valence-electron chi connectivity index (χ0n) is 7.97. The van der Waals surface area contributed by atoms with Crippen molar-refractivity contribution >= 4 is 0 Å². The van der Waals surface area contributed by atoms with E-state index < -0.39 is 0 Å². The Bertz CT molecular complexity index is 85.6. The first-order valence-corrected chi connectivity index (χ1v) is 4.46. The molecule has 2 atom stereocenters. The highest BCUT2D eigenvalue weighted by atomic mass is 16.5. The van der Waals surface area contributed by atoms with Gasteiger partial charge in [0.1, 0.15) is 0 Å². The Labute approximate surface area is 70.1 Å². The van der Waals surface area contributed by atoms with Crippen molar-refractivity contribution in [1.29, 1.82) is 0 Å². The molecule has 0 aliphatic heterocycles. The van der Waals surface area contributed by atoms with Crippen molar-refractivity contribution in [3.63, 3.8) is 0 Å². The Hall–Kier alpha value is -0.0800. The molecule has 0 saturated heterocycles. The smallest absolute Gasteiger partial charge is 0.0462 e. The quantitative estimate of drug-likeness (QED) is 0.600. The topological polar surface area (TPSA) is 35.2 Å². The van der Waals surface area contributed by atoms with Crippen LogP contribution in [0.3, 0.4) is 0 Å². The largest absolute Gasteiger partial charge is 0.385 e. The lowest BCUT2D eigenvalue weighted by Crippen LogP contribution is -2.27. The van der Waals surface area contributed by atoms with E-state index in [-0.39, 0.29) is 0 Å². The van der Waals surface area contributed by atoms with E-state index in [0.717, 1.165) is 19.4 Å². The van der Waals surface area contributed by atoms with E-state index in [1.165, 1.54) is 6.42 Å². The maximum atomic E-state index is 5.86. The number of hydrogen-bond donors (Lipinski definition) is 1. The van der Waals surface area contributed by atoms with Crippen molar-refractivity contribution < 1.29 is 4.74 Å². The van der Waals surface area contributed by atoms with Crippen LogP contribution in [0.15, 0.2) is 0 Å². The maximum Gasteiger partial charge on any atom is 0.0462 e. The zero-order valence-corrected chi connectivity index (χ0v) is 7.97. The van der Waals surface area contributed by atoms with Gasteiger partial charge in [0, 0.05) is 19.8 Å². The van der Waals surface area contributed by atoms with Crippen LogP contribution in [0.1, 0.15) is 33.1 Å². The molecule has 0 aliphatic rings. The summed E-state index contributed by atoms with van der Waals surface area (Å²) in [5.74, 6) is 0.634. The van der Waals surface area contributed by atoms with Crippen LogP contribution in [0, 0.1) is 5.92 Å². The van der Waals surface area contributed by atoms with Crippen LogP contribution in [0.4, 0.5) is 0 Å². The number of methoxy groups -OCH3 is 1. The molecule has 2 unspecified atom stereocenters.